The molecule has 2 aromatic carbocycles. The second kappa shape index (κ2) is 10.8. The molecule has 0 fully saturated rings. The Labute approximate surface area is 232 Å². The van der Waals surface area contributed by atoms with Crippen LogP contribution in [0.3, 0.4) is 0 Å². The van der Waals surface area contributed by atoms with Crippen LogP contribution in [-0.2, 0) is 0 Å². The molecule has 0 saturated carbocycles. The Bertz CT molecular complexity index is 1840. The topological polar surface area (TPSA) is 125 Å². The molecule has 0 spiro atoms. The van der Waals surface area contributed by atoms with Gasteiger partial charge in [0.15, 0.2) is 0 Å². The maximum absolute atomic E-state index is 9.33. The van der Waals surface area contributed by atoms with Crippen LogP contribution in [0.2, 0.25) is 0 Å². The molecule has 0 amide bonds. The first-order chi connectivity index (χ1) is 18.5. The SMILES string of the molecule is C\C=C/C=C(C#N)\C=C\c1ccc(-c2c(N)c(N)c(-c3ccc(-c4cccc(C#N)c4)s3)c3nsnc23)s1. The van der Waals surface area contributed by atoms with Crippen LogP contribution in [0.15, 0.2) is 78.4 Å². The highest BCUT2D eigenvalue weighted by atomic mass is 32.1. The quantitative estimate of drug-likeness (QED) is 0.126. The molecule has 4 N–H and O–H groups in total. The minimum atomic E-state index is 0.463. The van der Waals surface area contributed by atoms with Crippen molar-refractivity contribution in [3.63, 3.8) is 0 Å². The van der Waals surface area contributed by atoms with Crippen molar-refractivity contribution in [1.82, 2.24) is 8.75 Å². The van der Waals surface area contributed by atoms with E-state index in [0.717, 1.165) is 47.9 Å². The minimum Gasteiger partial charge on any atom is -0.396 e. The summed E-state index contributed by atoms with van der Waals surface area (Å²) in [6, 6.07) is 19.9. The van der Waals surface area contributed by atoms with E-state index in [2.05, 4.69) is 20.9 Å². The van der Waals surface area contributed by atoms with Crippen LogP contribution in [0.5, 0.6) is 0 Å². The summed E-state index contributed by atoms with van der Waals surface area (Å²) in [6.45, 7) is 1.90. The Morgan fingerprint density at radius 2 is 1.58 bits per heavy atom. The fourth-order valence-corrected chi connectivity index (χ4v) is 6.58. The molecule has 6 nitrogen and oxygen atoms in total. The molecule has 0 unspecified atom stereocenters. The lowest BCUT2D eigenvalue weighted by atomic mass is 10.0. The lowest BCUT2D eigenvalue weighted by Crippen LogP contribution is -2.00. The third kappa shape index (κ3) is 4.74. The third-order valence-electron chi connectivity index (χ3n) is 5.82. The van der Waals surface area contributed by atoms with Crippen molar-refractivity contribution in [3.05, 3.63) is 88.8 Å². The summed E-state index contributed by atoms with van der Waals surface area (Å²) in [7, 11) is 0. The summed E-state index contributed by atoms with van der Waals surface area (Å²) in [5, 5.41) is 18.6. The first kappa shape index (κ1) is 25.1. The van der Waals surface area contributed by atoms with Crippen molar-refractivity contribution in [3.8, 4) is 43.5 Å². The molecular weight excluding hydrogens is 529 g/mol. The predicted molar refractivity (Wildman–Crippen MR) is 161 cm³/mol. The van der Waals surface area contributed by atoms with Crippen LogP contribution >= 0.6 is 34.4 Å². The van der Waals surface area contributed by atoms with Gasteiger partial charge in [-0.2, -0.15) is 19.3 Å². The van der Waals surface area contributed by atoms with Crippen LogP contribution in [0.1, 0.15) is 17.4 Å². The zero-order chi connectivity index (χ0) is 26.6. The molecule has 38 heavy (non-hydrogen) atoms. The van der Waals surface area contributed by atoms with Crippen LogP contribution in [0.4, 0.5) is 11.4 Å². The molecule has 5 aromatic rings. The normalized spacial score (nSPS) is 11.9. The summed E-state index contributed by atoms with van der Waals surface area (Å²) < 4.78 is 9.19. The van der Waals surface area contributed by atoms with Gasteiger partial charge >= 0.3 is 0 Å². The molecule has 0 aliphatic heterocycles. The van der Waals surface area contributed by atoms with Gasteiger partial charge < -0.3 is 11.5 Å². The number of nitriles is 2. The van der Waals surface area contributed by atoms with E-state index in [1.165, 1.54) is 0 Å². The van der Waals surface area contributed by atoms with E-state index in [1.807, 2.05) is 67.6 Å². The zero-order valence-corrected chi connectivity index (χ0v) is 22.6. The predicted octanol–water partition coefficient (Wildman–Crippen LogP) is 7.89. The maximum atomic E-state index is 9.33. The number of fused-ring (bicyclic) bond motifs is 1. The largest absolute Gasteiger partial charge is 0.396 e. The smallest absolute Gasteiger partial charge is 0.116 e. The Balaban J connectivity index is 1.56. The van der Waals surface area contributed by atoms with Crippen molar-refractivity contribution in [2.75, 3.05) is 11.5 Å². The molecule has 0 bridgehead atoms. The Kier molecular flexibility index (Phi) is 7.16. The summed E-state index contributed by atoms with van der Waals surface area (Å²) >= 11 is 4.24. The van der Waals surface area contributed by atoms with Crippen LogP contribution < -0.4 is 11.5 Å². The van der Waals surface area contributed by atoms with Crippen molar-refractivity contribution >= 4 is 62.9 Å². The lowest BCUT2D eigenvalue weighted by Gasteiger charge is -2.12. The highest BCUT2D eigenvalue weighted by Gasteiger charge is 2.23. The summed E-state index contributed by atoms with van der Waals surface area (Å²) in [4.78, 5) is 3.85. The highest BCUT2D eigenvalue weighted by molar-refractivity contribution is 7.19. The van der Waals surface area contributed by atoms with Gasteiger partial charge in [0.1, 0.15) is 11.0 Å². The van der Waals surface area contributed by atoms with Gasteiger partial charge in [-0.05, 0) is 67.1 Å². The van der Waals surface area contributed by atoms with Crippen LogP contribution in [0.25, 0.3) is 48.4 Å². The number of hydrogen-bond acceptors (Lipinski definition) is 9. The van der Waals surface area contributed by atoms with Gasteiger partial charge in [0, 0.05) is 30.6 Å². The molecule has 3 heterocycles. The molecule has 0 aliphatic carbocycles. The zero-order valence-electron chi connectivity index (χ0n) is 20.2. The number of aromatic nitrogens is 2. The standard InChI is InChI=1S/C29H20N6S3/c1-2-3-5-17(15-30)8-9-20-10-11-22(36-20)24-26(32)27(33)25(29-28(24)34-38-35-29)23-13-12-21(37-23)19-7-4-6-18(14-19)16-31/h2-14H,32-33H2,1H3/b3-2-,9-8+,17-5+. The number of hydrogen-bond donors (Lipinski definition) is 2. The average Bonchev–Trinajstić information content (AvgIpc) is 3.71. The first-order valence-corrected chi connectivity index (χ1v) is 13.9. The number of benzene rings is 2. The number of thiophene rings is 2. The minimum absolute atomic E-state index is 0.463. The molecule has 0 aliphatic rings. The number of nitrogen functional groups attached to an aromatic ring is 2. The monoisotopic (exact) mass is 548 g/mol. The Morgan fingerprint density at radius 1 is 0.895 bits per heavy atom. The molecule has 3 aromatic heterocycles. The first-order valence-electron chi connectivity index (χ1n) is 11.5. The van der Waals surface area contributed by atoms with E-state index in [1.54, 1.807) is 40.9 Å². The molecule has 184 valence electrons. The lowest BCUT2D eigenvalue weighted by molar-refractivity contribution is 1.49. The number of anilines is 2. The molecule has 0 radical (unpaired) electrons. The highest BCUT2D eigenvalue weighted by Crippen LogP contribution is 2.48. The summed E-state index contributed by atoms with van der Waals surface area (Å²) in [6.07, 6.45) is 9.17. The van der Waals surface area contributed by atoms with Gasteiger partial charge in [0.25, 0.3) is 0 Å². The van der Waals surface area contributed by atoms with Crippen molar-refractivity contribution in [2.45, 2.75) is 6.92 Å². The Morgan fingerprint density at radius 3 is 2.26 bits per heavy atom. The second-order valence-electron chi connectivity index (χ2n) is 8.19. The van der Waals surface area contributed by atoms with Gasteiger partial charge in [-0.25, -0.2) is 0 Å². The van der Waals surface area contributed by atoms with Crippen molar-refractivity contribution < 1.29 is 0 Å². The van der Waals surface area contributed by atoms with E-state index in [0.29, 0.717) is 33.5 Å². The van der Waals surface area contributed by atoms with Gasteiger partial charge in [0.05, 0.1) is 46.4 Å². The Hall–Kier alpha value is -4.54. The number of nitrogens with two attached hydrogens (primary N) is 2. The molecule has 0 saturated heterocycles. The molecule has 0 atom stereocenters. The molecule has 9 heteroatoms. The van der Waals surface area contributed by atoms with Crippen LogP contribution in [0, 0.1) is 22.7 Å². The van der Waals surface area contributed by atoms with E-state index in [-0.39, 0.29) is 0 Å². The summed E-state index contributed by atoms with van der Waals surface area (Å²) in [5.74, 6) is 0. The van der Waals surface area contributed by atoms with Gasteiger partial charge in [0.2, 0.25) is 0 Å². The van der Waals surface area contributed by atoms with Gasteiger partial charge in [-0.3, -0.25) is 0 Å². The van der Waals surface area contributed by atoms with E-state index in [4.69, 9.17) is 11.5 Å². The fraction of sp³-hybridized carbons (Fsp3) is 0.0345. The average molecular weight is 549 g/mol. The van der Waals surface area contributed by atoms with E-state index >= 15 is 0 Å². The molecule has 5 rings (SSSR count). The van der Waals surface area contributed by atoms with Crippen LogP contribution in [-0.4, -0.2) is 8.75 Å². The van der Waals surface area contributed by atoms with E-state index in [9.17, 15) is 10.5 Å². The number of rotatable bonds is 6. The number of nitrogens with zero attached hydrogens (tertiary/aromatic N) is 4. The van der Waals surface area contributed by atoms with Crippen molar-refractivity contribution in [1.29, 1.82) is 10.5 Å². The van der Waals surface area contributed by atoms with Gasteiger partial charge in [-0.1, -0.05) is 24.3 Å². The molecular formula is C29H20N6S3. The van der Waals surface area contributed by atoms with Crippen molar-refractivity contribution in [2.24, 2.45) is 0 Å². The third-order valence-corrected chi connectivity index (χ3v) is 8.57. The second-order valence-corrected chi connectivity index (χ2v) is 10.9. The number of allylic oxidation sites excluding steroid dienone is 5. The summed E-state index contributed by atoms with van der Waals surface area (Å²) in [5.41, 5.74) is 19.3. The van der Waals surface area contributed by atoms with Gasteiger partial charge in [-0.15, -0.1) is 22.7 Å². The van der Waals surface area contributed by atoms with E-state index < -0.39 is 0 Å². The fourth-order valence-electron chi connectivity index (χ4n) is 3.99. The maximum Gasteiger partial charge on any atom is 0.116 e.